The number of benzene rings is 1. The first-order valence-electron chi connectivity index (χ1n) is 4.93. The van der Waals surface area contributed by atoms with E-state index in [-0.39, 0.29) is 11.0 Å². The molecule has 0 fully saturated rings. The van der Waals surface area contributed by atoms with Crippen molar-refractivity contribution in [3.8, 4) is 11.4 Å². The number of hydrazone groups is 1. The normalized spacial score (nSPS) is 11.7. The molecule has 0 saturated carbocycles. The van der Waals surface area contributed by atoms with Crippen LogP contribution in [0.5, 0.6) is 0 Å². The van der Waals surface area contributed by atoms with Crippen molar-refractivity contribution in [2.45, 2.75) is 5.75 Å². The van der Waals surface area contributed by atoms with Gasteiger partial charge in [0.2, 0.25) is 11.7 Å². The molecule has 0 aliphatic heterocycles. The summed E-state index contributed by atoms with van der Waals surface area (Å²) in [5.41, 5.74) is 6.09. The lowest BCUT2D eigenvalue weighted by molar-refractivity contribution is 0.392. The van der Waals surface area contributed by atoms with Crippen LogP contribution in [-0.4, -0.2) is 15.3 Å². The molecule has 0 saturated heterocycles. The van der Waals surface area contributed by atoms with Gasteiger partial charge in [-0.2, -0.15) is 10.1 Å². The average molecular weight is 267 g/mol. The summed E-state index contributed by atoms with van der Waals surface area (Å²) >= 11 is 1.19. The van der Waals surface area contributed by atoms with Crippen LogP contribution in [0.3, 0.4) is 0 Å². The zero-order chi connectivity index (χ0) is 13.0. The molecule has 1 aromatic carbocycles. The molecule has 0 unspecified atom stereocenters. The Morgan fingerprint density at radius 3 is 2.78 bits per heavy atom. The second-order valence-electron chi connectivity index (χ2n) is 3.27. The third-order valence-corrected chi connectivity index (χ3v) is 2.83. The summed E-state index contributed by atoms with van der Waals surface area (Å²) in [4.78, 5) is 4.14. The Hall–Kier alpha value is -2.09. The molecule has 1 aromatic heterocycles. The number of thioether (sulfide) groups is 1. The molecular weight excluding hydrogens is 257 g/mol. The average Bonchev–Trinajstić information content (AvgIpc) is 2.85. The maximum atomic E-state index is 12.7. The Bertz CT molecular complexity index is 554. The summed E-state index contributed by atoms with van der Waals surface area (Å²) in [5, 5.41) is 7.32. The fraction of sp³-hybridized carbons (Fsp3) is 0.100. The maximum Gasteiger partial charge on any atom is 0.237 e. The van der Waals surface area contributed by atoms with E-state index in [2.05, 4.69) is 15.2 Å². The number of hydrogen-bond acceptors (Lipinski definition) is 6. The molecule has 4 N–H and O–H groups in total. The lowest BCUT2D eigenvalue weighted by Gasteiger charge is -1.93. The number of nitrogens with two attached hydrogens (primary N) is 2. The molecule has 94 valence electrons. The van der Waals surface area contributed by atoms with Gasteiger partial charge in [-0.1, -0.05) is 16.9 Å². The van der Waals surface area contributed by atoms with Gasteiger partial charge < -0.3 is 16.1 Å². The van der Waals surface area contributed by atoms with Crippen LogP contribution in [0.2, 0.25) is 0 Å². The zero-order valence-electron chi connectivity index (χ0n) is 9.21. The van der Waals surface area contributed by atoms with Gasteiger partial charge in [0, 0.05) is 5.56 Å². The van der Waals surface area contributed by atoms with Crippen LogP contribution in [0, 0.1) is 5.82 Å². The number of rotatable bonds is 3. The number of nitrogens with zero attached hydrogens (tertiary/aromatic N) is 3. The molecule has 18 heavy (non-hydrogen) atoms. The summed E-state index contributed by atoms with van der Waals surface area (Å²) in [6.45, 7) is 0. The molecule has 6 nitrogen and oxygen atoms in total. The van der Waals surface area contributed by atoms with E-state index in [0.717, 1.165) is 0 Å². The lowest BCUT2D eigenvalue weighted by Crippen LogP contribution is -2.09. The van der Waals surface area contributed by atoms with E-state index < -0.39 is 0 Å². The number of hydrogen-bond donors (Lipinski definition) is 2. The first kappa shape index (κ1) is 12.4. The van der Waals surface area contributed by atoms with Crippen molar-refractivity contribution in [2.75, 3.05) is 0 Å². The van der Waals surface area contributed by atoms with Gasteiger partial charge >= 0.3 is 0 Å². The lowest BCUT2D eigenvalue weighted by atomic mass is 10.2. The summed E-state index contributed by atoms with van der Waals surface area (Å²) in [6.07, 6.45) is 0. The molecule has 0 aliphatic rings. The summed E-state index contributed by atoms with van der Waals surface area (Å²) in [7, 11) is 0. The summed E-state index contributed by atoms with van der Waals surface area (Å²) < 4.78 is 17.8. The smallest absolute Gasteiger partial charge is 0.237 e. The molecule has 0 radical (unpaired) electrons. The van der Waals surface area contributed by atoms with Crippen LogP contribution in [0.25, 0.3) is 11.4 Å². The fourth-order valence-electron chi connectivity index (χ4n) is 1.20. The van der Waals surface area contributed by atoms with Gasteiger partial charge in [-0.05, 0) is 24.3 Å². The van der Waals surface area contributed by atoms with Crippen LogP contribution in [0.1, 0.15) is 5.89 Å². The van der Waals surface area contributed by atoms with Crippen molar-refractivity contribution >= 4 is 16.9 Å². The molecule has 0 bridgehead atoms. The van der Waals surface area contributed by atoms with E-state index in [0.29, 0.717) is 23.0 Å². The zero-order valence-corrected chi connectivity index (χ0v) is 10.0. The van der Waals surface area contributed by atoms with Crippen molar-refractivity contribution in [2.24, 2.45) is 16.7 Å². The quantitative estimate of drug-likeness (QED) is 0.376. The molecular formula is C10H10FN5OS. The van der Waals surface area contributed by atoms with Gasteiger partial charge in [0.1, 0.15) is 5.82 Å². The Labute approximate surface area is 106 Å². The van der Waals surface area contributed by atoms with Crippen LogP contribution in [-0.2, 0) is 5.75 Å². The van der Waals surface area contributed by atoms with Crippen LogP contribution in [0.15, 0.2) is 33.9 Å². The minimum absolute atomic E-state index is 0.233. The number of amidine groups is 1. The first-order valence-corrected chi connectivity index (χ1v) is 5.92. The van der Waals surface area contributed by atoms with Crippen LogP contribution in [0.4, 0.5) is 4.39 Å². The van der Waals surface area contributed by atoms with E-state index in [1.54, 1.807) is 12.1 Å². The molecule has 2 aromatic rings. The minimum Gasteiger partial charge on any atom is -0.377 e. The predicted octanol–water partition coefficient (Wildman–Crippen LogP) is 1.30. The first-order chi connectivity index (χ1) is 8.69. The van der Waals surface area contributed by atoms with E-state index in [1.807, 2.05) is 0 Å². The van der Waals surface area contributed by atoms with E-state index in [1.165, 1.54) is 23.9 Å². The van der Waals surface area contributed by atoms with Gasteiger partial charge in [0.05, 0.1) is 5.75 Å². The second-order valence-corrected chi connectivity index (χ2v) is 4.27. The van der Waals surface area contributed by atoms with Crippen molar-refractivity contribution in [1.29, 1.82) is 0 Å². The molecule has 0 aliphatic carbocycles. The largest absolute Gasteiger partial charge is 0.377 e. The Kier molecular flexibility index (Phi) is 3.78. The van der Waals surface area contributed by atoms with Gasteiger partial charge in [0.25, 0.3) is 0 Å². The highest BCUT2D eigenvalue weighted by Crippen LogP contribution is 2.18. The van der Waals surface area contributed by atoms with Gasteiger partial charge in [-0.25, -0.2) is 4.39 Å². The Morgan fingerprint density at radius 2 is 2.11 bits per heavy atom. The van der Waals surface area contributed by atoms with Crippen molar-refractivity contribution in [3.05, 3.63) is 36.0 Å². The molecule has 0 spiro atoms. The van der Waals surface area contributed by atoms with E-state index in [9.17, 15) is 4.39 Å². The molecule has 8 heteroatoms. The van der Waals surface area contributed by atoms with Crippen LogP contribution < -0.4 is 11.6 Å². The van der Waals surface area contributed by atoms with Crippen molar-refractivity contribution in [3.63, 3.8) is 0 Å². The molecule has 0 amide bonds. The second kappa shape index (κ2) is 5.50. The van der Waals surface area contributed by atoms with Crippen molar-refractivity contribution < 1.29 is 8.91 Å². The standard InChI is InChI=1S/C10H10FN5OS/c11-7-3-1-6(2-4-7)9-14-8(17-16-9)5-18-10(12)15-13/h1-4H,5,13H2,(H2,12,15). The van der Waals surface area contributed by atoms with E-state index >= 15 is 0 Å². The highest BCUT2D eigenvalue weighted by Gasteiger charge is 2.09. The monoisotopic (exact) mass is 267 g/mol. The van der Waals surface area contributed by atoms with Gasteiger partial charge in [-0.3, -0.25) is 0 Å². The third-order valence-electron chi connectivity index (χ3n) is 2.04. The van der Waals surface area contributed by atoms with E-state index in [4.69, 9.17) is 16.1 Å². The molecule has 1 heterocycles. The van der Waals surface area contributed by atoms with Crippen LogP contribution >= 0.6 is 11.8 Å². The predicted molar refractivity (Wildman–Crippen MR) is 66.8 cm³/mol. The highest BCUT2D eigenvalue weighted by molar-refractivity contribution is 8.13. The molecule has 0 atom stereocenters. The Morgan fingerprint density at radius 1 is 1.39 bits per heavy atom. The highest BCUT2D eigenvalue weighted by atomic mass is 32.2. The van der Waals surface area contributed by atoms with Gasteiger partial charge in [-0.15, -0.1) is 0 Å². The van der Waals surface area contributed by atoms with Crippen molar-refractivity contribution in [1.82, 2.24) is 10.1 Å². The topological polar surface area (TPSA) is 103 Å². The Balaban J connectivity index is 2.08. The third kappa shape index (κ3) is 2.98. The minimum atomic E-state index is -0.315. The maximum absolute atomic E-state index is 12.7. The number of aromatic nitrogens is 2. The summed E-state index contributed by atoms with van der Waals surface area (Å²) in [6, 6.07) is 5.82. The van der Waals surface area contributed by atoms with Gasteiger partial charge in [0.15, 0.2) is 5.17 Å². The SMILES string of the molecule is NN=C(N)SCc1nc(-c2ccc(F)cc2)no1. The number of halogens is 1. The summed E-state index contributed by atoms with van der Waals surface area (Å²) in [5.74, 6) is 5.84. The molecule has 2 rings (SSSR count). The fourth-order valence-corrected chi connectivity index (χ4v) is 1.67.